The second-order valence-electron chi connectivity index (χ2n) is 12.7. The normalized spacial score (nSPS) is 11.5. The molecule has 3 aromatic heterocycles. The Kier molecular flexibility index (Phi) is 7.25. The van der Waals surface area contributed by atoms with Crippen LogP contribution < -0.4 is 0 Å². The largest absolute Gasteiger partial charge is 0.309 e. The van der Waals surface area contributed by atoms with Crippen molar-refractivity contribution in [2.24, 2.45) is 0 Å². The number of hydrogen-bond donors (Lipinski definition) is 0. The zero-order valence-corrected chi connectivity index (χ0v) is 28.7. The second-order valence-corrected chi connectivity index (χ2v) is 13.8. The van der Waals surface area contributed by atoms with E-state index in [4.69, 9.17) is 19.9 Å². The van der Waals surface area contributed by atoms with Gasteiger partial charge in [0.2, 0.25) is 0 Å². The van der Waals surface area contributed by atoms with Crippen LogP contribution in [-0.2, 0) is 0 Å². The van der Waals surface area contributed by atoms with Gasteiger partial charge in [-0.2, -0.15) is 0 Å². The molecule has 0 fully saturated rings. The van der Waals surface area contributed by atoms with E-state index in [0.29, 0.717) is 17.5 Å². The molecule has 10 aromatic rings. The van der Waals surface area contributed by atoms with E-state index >= 15 is 0 Å². The van der Waals surface area contributed by atoms with Crippen LogP contribution in [0.3, 0.4) is 0 Å². The summed E-state index contributed by atoms with van der Waals surface area (Å²) in [5.41, 5.74) is 10.7. The van der Waals surface area contributed by atoms with Gasteiger partial charge < -0.3 is 4.57 Å². The van der Waals surface area contributed by atoms with Crippen molar-refractivity contribution in [3.05, 3.63) is 176 Å². The van der Waals surface area contributed by atoms with Gasteiger partial charge in [0.1, 0.15) is 5.01 Å². The molecule has 0 N–H and O–H groups in total. The van der Waals surface area contributed by atoms with Gasteiger partial charge in [-0.1, -0.05) is 121 Å². The van der Waals surface area contributed by atoms with Gasteiger partial charge in [-0.05, 0) is 65.7 Å². The number of para-hydroxylation sites is 2. The minimum absolute atomic E-state index is 0.621. The van der Waals surface area contributed by atoms with Crippen LogP contribution in [0.5, 0.6) is 0 Å². The zero-order chi connectivity index (χ0) is 34.4. The van der Waals surface area contributed by atoms with E-state index in [1.807, 2.05) is 60.7 Å². The molecule has 6 heteroatoms. The SMILES string of the molecule is c1ccc(-c2nc(-c3ccccc3)nc(-c3ccc4sc(-c5cccc(-c6ccc7c(c6)c6ccccc6n7-c6ccccc6)c5)nc4c3)n2)cc1. The molecule has 0 saturated heterocycles. The maximum Gasteiger partial charge on any atom is 0.164 e. The van der Waals surface area contributed by atoms with Crippen molar-refractivity contribution in [1.29, 1.82) is 0 Å². The highest BCUT2D eigenvalue weighted by atomic mass is 32.1. The summed E-state index contributed by atoms with van der Waals surface area (Å²) in [4.78, 5) is 19.8. The summed E-state index contributed by atoms with van der Waals surface area (Å²) in [6.07, 6.45) is 0. The molecule has 52 heavy (non-hydrogen) atoms. The van der Waals surface area contributed by atoms with Crippen LogP contribution in [0, 0.1) is 0 Å². The van der Waals surface area contributed by atoms with Gasteiger partial charge in [-0.3, -0.25) is 0 Å². The third kappa shape index (κ3) is 5.34. The standard InChI is InChI=1S/C46H29N5S/c1-4-13-30(14-5-1)43-48-44(31-15-6-2-7-16-31)50-45(49-43)34-24-26-42-39(29-34)47-46(52-42)35-18-12-17-32(27-35)33-23-25-41-38(28-33)37-21-10-11-22-40(37)51(41)36-19-8-3-9-20-36/h1-29H. The fourth-order valence-electron chi connectivity index (χ4n) is 6.97. The topological polar surface area (TPSA) is 56.5 Å². The van der Waals surface area contributed by atoms with Crippen molar-refractivity contribution < 1.29 is 0 Å². The van der Waals surface area contributed by atoms with Crippen LogP contribution in [-0.4, -0.2) is 24.5 Å². The lowest BCUT2D eigenvalue weighted by Crippen LogP contribution is -2.00. The van der Waals surface area contributed by atoms with Crippen LogP contribution in [0.4, 0.5) is 0 Å². The lowest BCUT2D eigenvalue weighted by Gasteiger charge is -2.08. The van der Waals surface area contributed by atoms with E-state index in [2.05, 4.69) is 120 Å². The highest BCUT2D eigenvalue weighted by Crippen LogP contribution is 2.38. The molecule has 0 aliphatic rings. The lowest BCUT2D eigenvalue weighted by atomic mass is 10.0. The molecule has 0 radical (unpaired) electrons. The quantitative estimate of drug-likeness (QED) is 0.175. The van der Waals surface area contributed by atoms with E-state index in [9.17, 15) is 0 Å². The number of aromatic nitrogens is 5. The van der Waals surface area contributed by atoms with Crippen molar-refractivity contribution in [3.63, 3.8) is 0 Å². The molecule has 0 bridgehead atoms. The first-order valence-electron chi connectivity index (χ1n) is 17.2. The summed E-state index contributed by atoms with van der Waals surface area (Å²) in [7, 11) is 0. The summed E-state index contributed by atoms with van der Waals surface area (Å²) in [5, 5.41) is 3.45. The van der Waals surface area contributed by atoms with Crippen LogP contribution in [0.25, 0.3) is 93.6 Å². The van der Waals surface area contributed by atoms with Gasteiger partial charge in [-0.15, -0.1) is 11.3 Å². The molecule has 10 rings (SSSR count). The van der Waals surface area contributed by atoms with E-state index in [1.54, 1.807) is 11.3 Å². The Morgan fingerprint density at radius 1 is 0.365 bits per heavy atom. The molecule has 244 valence electrons. The van der Waals surface area contributed by atoms with Crippen LogP contribution in [0.2, 0.25) is 0 Å². The van der Waals surface area contributed by atoms with Crippen molar-refractivity contribution in [2.45, 2.75) is 0 Å². The van der Waals surface area contributed by atoms with Gasteiger partial charge in [0, 0.05) is 38.7 Å². The first-order chi connectivity index (χ1) is 25.7. The molecule has 5 nitrogen and oxygen atoms in total. The predicted octanol–water partition coefficient (Wildman–Crippen LogP) is 11.9. The van der Waals surface area contributed by atoms with Crippen molar-refractivity contribution in [1.82, 2.24) is 24.5 Å². The highest BCUT2D eigenvalue weighted by molar-refractivity contribution is 7.21. The summed E-state index contributed by atoms with van der Waals surface area (Å²) in [5.74, 6) is 1.90. The molecular weight excluding hydrogens is 655 g/mol. The van der Waals surface area contributed by atoms with Gasteiger partial charge in [0.15, 0.2) is 17.5 Å². The molecule has 0 unspecified atom stereocenters. The molecule has 0 aliphatic carbocycles. The summed E-state index contributed by atoms with van der Waals surface area (Å²) in [6.45, 7) is 0. The number of nitrogens with zero attached hydrogens (tertiary/aromatic N) is 5. The molecular formula is C46H29N5S. The smallest absolute Gasteiger partial charge is 0.164 e. The fraction of sp³-hybridized carbons (Fsp3) is 0. The number of hydrogen-bond acceptors (Lipinski definition) is 5. The molecule has 3 heterocycles. The number of fused-ring (bicyclic) bond motifs is 4. The molecule has 0 atom stereocenters. The van der Waals surface area contributed by atoms with Gasteiger partial charge >= 0.3 is 0 Å². The minimum atomic E-state index is 0.621. The summed E-state index contributed by atoms with van der Waals surface area (Å²) < 4.78 is 3.46. The second kappa shape index (κ2) is 12.5. The maximum atomic E-state index is 5.14. The van der Waals surface area contributed by atoms with Crippen LogP contribution >= 0.6 is 11.3 Å². The maximum absolute atomic E-state index is 5.14. The lowest BCUT2D eigenvalue weighted by molar-refractivity contribution is 1.07. The summed E-state index contributed by atoms with van der Waals surface area (Å²) >= 11 is 1.70. The Morgan fingerprint density at radius 3 is 1.65 bits per heavy atom. The molecule has 0 spiro atoms. The zero-order valence-electron chi connectivity index (χ0n) is 27.9. The third-order valence-electron chi connectivity index (χ3n) is 9.47. The molecule has 7 aromatic carbocycles. The first-order valence-corrected chi connectivity index (χ1v) is 18.0. The Balaban J connectivity index is 1.03. The fourth-order valence-corrected chi connectivity index (χ4v) is 7.91. The Labute approximate surface area is 304 Å². The van der Waals surface area contributed by atoms with E-state index in [1.165, 1.54) is 27.4 Å². The Bertz CT molecular complexity index is 2840. The van der Waals surface area contributed by atoms with Gasteiger partial charge in [0.25, 0.3) is 0 Å². The highest BCUT2D eigenvalue weighted by Gasteiger charge is 2.16. The molecule has 0 saturated carbocycles. The third-order valence-corrected chi connectivity index (χ3v) is 10.6. The van der Waals surface area contributed by atoms with Crippen LogP contribution in [0.15, 0.2) is 176 Å². The first kappa shape index (κ1) is 30.1. The Hall–Kier alpha value is -6.76. The van der Waals surface area contributed by atoms with Crippen molar-refractivity contribution >= 4 is 43.4 Å². The Morgan fingerprint density at radius 2 is 0.923 bits per heavy atom. The monoisotopic (exact) mass is 683 g/mol. The van der Waals surface area contributed by atoms with E-state index < -0.39 is 0 Å². The van der Waals surface area contributed by atoms with Gasteiger partial charge in [-0.25, -0.2) is 19.9 Å². The van der Waals surface area contributed by atoms with E-state index in [0.717, 1.165) is 48.7 Å². The van der Waals surface area contributed by atoms with Crippen molar-refractivity contribution in [3.8, 4) is 61.5 Å². The molecule has 0 amide bonds. The van der Waals surface area contributed by atoms with Crippen molar-refractivity contribution in [2.75, 3.05) is 0 Å². The number of benzene rings is 7. The van der Waals surface area contributed by atoms with Gasteiger partial charge in [0.05, 0.1) is 21.3 Å². The average Bonchev–Trinajstić information content (AvgIpc) is 3.81. The summed E-state index contributed by atoms with van der Waals surface area (Å²) in [6, 6.07) is 61.1. The average molecular weight is 684 g/mol. The predicted molar refractivity (Wildman–Crippen MR) is 215 cm³/mol. The number of rotatable bonds is 6. The van der Waals surface area contributed by atoms with Crippen LogP contribution in [0.1, 0.15) is 0 Å². The number of thiazole rings is 1. The molecule has 0 aliphatic heterocycles. The van der Waals surface area contributed by atoms with E-state index in [-0.39, 0.29) is 0 Å². The minimum Gasteiger partial charge on any atom is -0.309 e.